The first-order valence-corrected chi connectivity index (χ1v) is 5.39. The van der Waals surface area contributed by atoms with Gasteiger partial charge in [-0.25, -0.2) is 0 Å². The van der Waals surface area contributed by atoms with Crippen LogP contribution in [0.5, 0.6) is 0 Å². The number of amides is 2. The second kappa shape index (κ2) is 4.18. The third-order valence-electron chi connectivity index (χ3n) is 3.15. The van der Waals surface area contributed by atoms with Gasteiger partial charge < -0.3 is 15.1 Å². The quantitative estimate of drug-likeness (QED) is 0.644. The van der Waals surface area contributed by atoms with Crippen molar-refractivity contribution in [3.63, 3.8) is 0 Å². The lowest BCUT2D eigenvalue weighted by Gasteiger charge is -2.34. The maximum Gasteiger partial charge on any atom is 0.242 e. The van der Waals surface area contributed by atoms with E-state index in [0.29, 0.717) is 5.92 Å². The minimum absolute atomic E-state index is 0.0429. The highest BCUT2D eigenvalue weighted by molar-refractivity contribution is 5.92. The fraction of sp³-hybridized carbons (Fsp3) is 0.800. The topological polar surface area (TPSA) is 52.7 Å². The Kier molecular flexibility index (Phi) is 2.90. The van der Waals surface area contributed by atoms with Gasteiger partial charge in [0, 0.05) is 13.6 Å². The van der Waals surface area contributed by atoms with Gasteiger partial charge in [-0.3, -0.25) is 9.59 Å². The Morgan fingerprint density at radius 3 is 2.60 bits per heavy atom. The van der Waals surface area contributed by atoms with Crippen molar-refractivity contribution in [3.05, 3.63) is 0 Å². The Morgan fingerprint density at radius 2 is 2.00 bits per heavy atom. The monoisotopic (exact) mass is 211 g/mol. The van der Waals surface area contributed by atoms with Crippen molar-refractivity contribution in [3.8, 4) is 0 Å². The standard InChI is InChI=1S/C10H17N3O2/c1-12-6-10(15)13(7-9(12)14)3-2-8-4-11-5-8/h8,11H,2-7H2,1H3. The summed E-state index contributed by atoms with van der Waals surface area (Å²) in [6.45, 7) is 3.33. The molecule has 2 saturated heterocycles. The molecule has 0 atom stereocenters. The van der Waals surface area contributed by atoms with Crippen molar-refractivity contribution in [2.75, 3.05) is 39.8 Å². The van der Waals surface area contributed by atoms with Crippen LogP contribution in [-0.4, -0.2) is 61.4 Å². The highest BCUT2D eigenvalue weighted by atomic mass is 16.2. The van der Waals surface area contributed by atoms with Gasteiger partial charge in [0.2, 0.25) is 11.8 Å². The number of carbonyl (C=O) groups is 2. The Hall–Kier alpha value is -1.10. The Morgan fingerprint density at radius 1 is 1.27 bits per heavy atom. The molecule has 2 amide bonds. The van der Waals surface area contributed by atoms with E-state index in [4.69, 9.17) is 0 Å². The molecular formula is C10H17N3O2. The summed E-state index contributed by atoms with van der Waals surface area (Å²) in [7, 11) is 1.67. The number of nitrogens with one attached hydrogen (secondary N) is 1. The lowest BCUT2D eigenvalue weighted by atomic mass is 9.99. The van der Waals surface area contributed by atoms with Gasteiger partial charge >= 0.3 is 0 Å². The van der Waals surface area contributed by atoms with E-state index in [2.05, 4.69) is 5.32 Å². The van der Waals surface area contributed by atoms with Crippen LogP contribution in [0.1, 0.15) is 6.42 Å². The van der Waals surface area contributed by atoms with Crippen molar-refractivity contribution >= 4 is 11.8 Å². The summed E-state index contributed by atoms with van der Waals surface area (Å²) in [5.74, 6) is 0.804. The van der Waals surface area contributed by atoms with Crippen LogP contribution in [-0.2, 0) is 9.59 Å². The maximum atomic E-state index is 11.6. The Labute approximate surface area is 89.4 Å². The summed E-state index contributed by atoms with van der Waals surface area (Å²) in [6.07, 6.45) is 1.01. The van der Waals surface area contributed by atoms with E-state index in [-0.39, 0.29) is 24.9 Å². The normalized spacial score (nSPS) is 23.3. The van der Waals surface area contributed by atoms with Crippen LogP contribution in [0, 0.1) is 5.92 Å². The lowest BCUT2D eigenvalue weighted by molar-refractivity contribution is -0.148. The first-order valence-electron chi connectivity index (χ1n) is 5.39. The molecule has 2 rings (SSSR count). The first-order chi connectivity index (χ1) is 7.16. The molecule has 0 aromatic rings. The van der Waals surface area contributed by atoms with Gasteiger partial charge in [-0.05, 0) is 25.4 Å². The number of piperazine rings is 1. The predicted molar refractivity (Wildman–Crippen MR) is 55.2 cm³/mol. The number of hydrogen-bond acceptors (Lipinski definition) is 3. The summed E-state index contributed by atoms with van der Waals surface area (Å²) < 4.78 is 0. The second-order valence-corrected chi connectivity index (χ2v) is 4.38. The second-order valence-electron chi connectivity index (χ2n) is 4.38. The molecule has 0 spiro atoms. The minimum Gasteiger partial charge on any atom is -0.335 e. The number of hydrogen-bond donors (Lipinski definition) is 1. The van der Waals surface area contributed by atoms with Crippen LogP contribution in [0.4, 0.5) is 0 Å². The van der Waals surface area contributed by atoms with Crippen molar-refractivity contribution in [2.24, 2.45) is 5.92 Å². The van der Waals surface area contributed by atoms with Gasteiger partial charge in [0.15, 0.2) is 0 Å². The zero-order valence-corrected chi connectivity index (χ0v) is 9.03. The van der Waals surface area contributed by atoms with Crippen molar-refractivity contribution in [2.45, 2.75) is 6.42 Å². The molecule has 0 radical (unpaired) electrons. The molecule has 0 aromatic heterocycles. The molecule has 2 aliphatic heterocycles. The summed E-state index contributed by atoms with van der Waals surface area (Å²) in [5, 5.41) is 3.20. The average Bonchev–Trinajstić information content (AvgIpc) is 2.11. The molecular weight excluding hydrogens is 194 g/mol. The number of rotatable bonds is 3. The highest BCUT2D eigenvalue weighted by Gasteiger charge is 2.28. The maximum absolute atomic E-state index is 11.6. The van der Waals surface area contributed by atoms with Gasteiger partial charge in [0.25, 0.3) is 0 Å². The van der Waals surface area contributed by atoms with Crippen LogP contribution < -0.4 is 5.32 Å². The van der Waals surface area contributed by atoms with Gasteiger partial charge in [0.1, 0.15) is 0 Å². The number of nitrogens with zero attached hydrogens (tertiary/aromatic N) is 2. The van der Waals surface area contributed by atoms with Crippen LogP contribution in [0.25, 0.3) is 0 Å². The molecule has 2 heterocycles. The fourth-order valence-corrected chi connectivity index (χ4v) is 1.86. The zero-order chi connectivity index (χ0) is 10.8. The van der Waals surface area contributed by atoms with Crippen molar-refractivity contribution in [1.82, 2.24) is 15.1 Å². The molecule has 15 heavy (non-hydrogen) atoms. The molecule has 5 nitrogen and oxygen atoms in total. The summed E-state index contributed by atoms with van der Waals surface area (Å²) in [5.41, 5.74) is 0. The first kappa shape index (κ1) is 10.4. The molecule has 84 valence electrons. The largest absolute Gasteiger partial charge is 0.335 e. The Bertz CT molecular complexity index is 276. The molecule has 5 heteroatoms. The van der Waals surface area contributed by atoms with Crippen LogP contribution in [0.2, 0.25) is 0 Å². The van der Waals surface area contributed by atoms with E-state index in [1.807, 2.05) is 0 Å². The van der Waals surface area contributed by atoms with E-state index in [9.17, 15) is 9.59 Å². The third kappa shape index (κ3) is 2.28. The molecule has 0 saturated carbocycles. The molecule has 0 aromatic carbocycles. The summed E-state index contributed by atoms with van der Waals surface area (Å²) in [6, 6.07) is 0. The van der Waals surface area contributed by atoms with E-state index in [1.54, 1.807) is 11.9 Å². The molecule has 2 fully saturated rings. The molecule has 1 N–H and O–H groups in total. The molecule has 0 unspecified atom stereocenters. The predicted octanol–water partition coefficient (Wildman–Crippen LogP) is -1.10. The third-order valence-corrected chi connectivity index (χ3v) is 3.15. The zero-order valence-electron chi connectivity index (χ0n) is 9.03. The van der Waals surface area contributed by atoms with Gasteiger partial charge in [0.05, 0.1) is 13.1 Å². The number of likely N-dealkylation sites (N-methyl/N-ethyl adjacent to an activating group) is 1. The average molecular weight is 211 g/mol. The summed E-state index contributed by atoms with van der Waals surface area (Å²) >= 11 is 0. The van der Waals surface area contributed by atoms with Crippen molar-refractivity contribution in [1.29, 1.82) is 0 Å². The van der Waals surface area contributed by atoms with E-state index in [0.717, 1.165) is 26.1 Å². The van der Waals surface area contributed by atoms with Gasteiger partial charge in [-0.1, -0.05) is 0 Å². The Balaban J connectivity index is 1.80. The minimum atomic E-state index is 0.0429. The molecule has 0 aliphatic carbocycles. The lowest BCUT2D eigenvalue weighted by Crippen LogP contribution is -2.53. The van der Waals surface area contributed by atoms with Gasteiger partial charge in [-0.15, -0.1) is 0 Å². The van der Waals surface area contributed by atoms with Crippen LogP contribution >= 0.6 is 0 Å². The SMILES string of the molecule is CN1CC(=O)N(CCC2CNC2)CC1=O. The highest BCUT2D eigenvalue weighted by Crippen LogP contribution is 2.11. The smallest absolute Gasteiger partial charge is 0.242 e. The summed E-state index contributed by atoms with van der Waals surface area (Å²) in [4.78, 5) is 26.2. The van der Waals surface area contributed by atoms with Crippen LogP contribution in [0.3, 0.4) is 0 Å². The molecule has 0 bridgehead atoms. The van der Waals surface area contributed by atoms with Crippen molar-refractivity contribution < 1.29 is 9.59 Å². The van der Waals surface area contributed by atoms with Crippen LogP contribution in [0.15, 0.2) is 0 Å². The fourth-order valence-electron chi connectivity index (χ4n) is 1.86. The number of carbonyl (C=O) groups excluding carboxylic acids is 2. The molecule has 2 aliphatic rings. The van der Waals surface area contributed by atoms with Gasteiger partial charge in [-0.2, -0.15) is 0 Å². The van der Waals surface area contributed by atoms with E-state index in [1.165, 1.54) is 4.90 Å². The van der Waals surface area contributed by atoms with E-state index >= 15 is 0 Å². The van der Waals surface area contributed by atoms with E-state index < -0.39 is 0 Å².